The first kappa shape index (κ1) is 14.9. The molecule has 2 atom stereocenters. The van der Waals surface area contributed by atoms with E-state index in [0.717, 1.165) is 19.5 Å². The highest BCUT2D eigenvalue weighted by atomic mass is 79.9. The summed E-state index contributed by atoms with van der Waals surface area (Å²) in [5.74, 6) is -0.515. The fraction of sp³-hybridized carbons (Fsp3) is 0.571. The van der Waals surface area contributed by atoms with Gasteiger partial charge in [0.05, 0.1) is 4.47 Å². The third-order valence-electron chi connectivity index (χ3n) is 3.79. The predicted molar refractivity (Wildman–Crippen MR) is 76.0 cm³/mol. The lowest BCUT2D eigenvalue weighted by atomic mass is 9.94. The van der Waals surface area contributed by atoms with Crippen molar-refractivity contribution < 1.29 is 8.78 Å². The van der Waals surface area contributed by atoms with Crippen LogP contribution >= 0.6 is 15.9 Å². The molecular weight excluding hydrogens is 314 g/mol. The minimum Gasteiger partial charge on any atom is -0.309 e. The van der Waals surface area contributed by atoms with E-state index in [0.29, 0.717) is 16.4 Å². The van der Waals surface area contributed by atoms with E-state index >= 15 is 0 Å². The molecular formula is C14H19BrF2N2. The van der Waals surface area contributed by atoms with Crippen LogP contribution in [0.1, 0.15) is 18.9 Å². The van der Waals surface area contributed by atoms with E-state index in [-0.39, 0.29) is 12.1 Å². The smallest absolute Gasteiger partial charge is 0.144 e. The lowest BCUT2D eigenvalue weighted by Gasteiger charge is -2.35. The van der Waals surface area contributed by atoms with E-state index in [9.17, 15) is 8.78 Å². The zero-order chi connectivity index (χ0) is 14.0. The molecule has 2 rings (SSSR count). The molecule has 5 heteroatoms. The van der Waals surface area contributed by atoms with Crippen molar-refractivity contribution >= 4 is 15.9 Å². The van der Waals surface area contributed by atoms with Crippen LogP contribution in [0.5, 0.6) is 0 Å². The summed E-state index contributed by atoms with van der Waals surface area (Å²) in [4.78, 5) is 2.28. The van der Waals surface area contributed by atoms with Crippen LogP contribution in [-0.2, 0) is 6.54 Å². The Labute approximate surface area is 121 Å². The third-order valence-corrected chi connectivity index (χ3v) is 4.40. The van der Waals surface area contributed by atoms with Gasteiger partial charge >= 0.3 is 0 Å². The van der Waals surface area contributed by atoms with Gasteiger partial charge in [-0.05, 0) is 54.0 Å². The maximum Gasteiger partial charge on any atom is 0.144 e. The van der Waals surface area contributed by atoms with Crippen LogP contribution in [0.15, 0.2) is 16.6 Å². The summed E-state index contributed by atoms with van der Waals surface area (Å²) < 4.78 is 27.8. The van der Waals surface area contributed by atoms with Crippen molar-refractivity contribution in [1.29, 1.82) is 0 Å². The van der Waals surface area contributed by atoms with Crippen molar-refractivity contribution in [3.8, 4) is 0 Å². The van der Waals surface area contributed by atoms with Crippen molar-refractivity contribution in [1.82, 2.24) is 10.2 Å². The predicted octanol–water partition coefficient (Wildman–Crippen LogP) is 3.16. The van der Waals surface area contributed by atoms with Crippen LogP contribution < -0.4 is 5.32 Å². The normalized spacial score (nSPS) is 24.7. The van der Waals surface area contributed by atoms with Gasteiger partial charge in [-0.3, -0.25) is 0 Å². The topological polar surface area (TPSA) is 15.3 Å². The highest BCUT2D eigenvalue weighted by molar-refractivity contribution is 9.10. The first-order chi connectivity index (χ1) is 8.99. The standard InChI is InChI=1S/C14H19BrF2N2/c1-9-8-19(2)6-5-13(9)18-7-10-12(16)4-3-11(15)14(10)17/h3-4,9,13,18H,5-8H2,1-2H3. The Morgan fingerprint density at radius 3 is 2.84 bits per heavy atom. The Hall–Kier alpha value is -0.520. The highest BCUT2D eigenvalue weighted by Crippen LogP contribution is 2.22. The van der Waals surface area contributed by atoms with Gasteiger partial charge in [-0.1, -0.05) is 6.92 Å². The van der Waals surface area contributed by atoms with Crippen molar-refractivity contribution in [3.63, 3.8) is 0 Å². The number of nitrogens with one attached hydrogen (secondary N) is 1. The Morgan fingerprint density at radius 1 is 1.42 bits per heavy atom. The van der Waals surface area contributed by atoms with Gasteiger partial charge in [0.2, 0.25) is 0 Å². The number of halogens is 3. The molecule has 2 unspecified atom stereocenters. The fourth-order valence-electron chi connectivity index (χ4n) is 2.62. The molecule has 1 heterocycles. The summed E-state index contributed by atoms with van der Waals surface area (Å²) >= 11 is 3.09. The summed E-state index contributed by atoms with van der Waals surface area (Å²) in [5, 5.41) is 3.29. The molecule has 1 N–H and O–H groups in total. The van der Waals surface area contributed by atoms with Gasteiger partial charge < -0.3 is 10.2 Å². The average molecular weight is 333 g/mol. The van der Waals surface area contributed by atoms with Gasteiger partial charge in [-0.15, -0.1) is 0 Å². The number of hydrogen-bond donors (Lipinski definition) is 1. The Bertz CT molecular complexity index is 453. The van der Waals surface area contributed by atoms with E-state index in [1.54, 1.807) is 0 Å². The first-order valence-electron chi connectivity index (χ1n) is 6.53. The third kappa shape index (κ3) is 3.52. The van der Waals surface area contributed by atoms with E-state index in [2.05, 4.69) is 40.1 Å². The lowest BCUT2D eigenvalue weighted by Crippen LogP contribution is -2.46. The maximum atomic E-state index is 13.8. The number of rotatable bonds is 3. The number of piperidine rings is 1. The van der Waals surface area contributed by atoms with Crippen LogP contribution in [0.3, 0.4) is 0 Å². The van der Waals surface area contributed by atoms with Crippen LogP contribution in [0, 0.1) is 17.6 Å². The number of hydrogen-bond acceptors (Lipinski definition) is 2. The Kier molecular flexibility index (Phi) is 4.92. The number of likely N-dealkylation sites (tertiary alicyclic amines) is 1. The number of benzene rings is 1. The van der Waals surface area contributed by atoms with Crippen LogP contribution in [0.4, 0.5) is 8.78 Å². The summed E-state index contributed by atoms with van der Waals surface area (Å²) in [6.07, 6.45) is 1.01. The molecule has 1 saturated heterocycles. The molecule has 1 aromatic carbocycles. The average Bonchev–Trinajstić information content (AvgIpc) is 2.36. The molecule has 1 aliphatic rings. The molecule has 2 nitrogen and oxygen atoms in total. The van der Waals surface area contributed by atoms with Crippen molar-refractivity contribution in [2.45, 2.75) is 25.9 Å². The van der Waals surface area contributed by atoms with Crippen LogP contribution in [0.2, 0.25) is 0 Å². The van der Waals surface area contributed by atoms with E-state index < -0.39 is 11.6 Å². The summed E-state index contributed by atoms with van der Waals surface area (Å²) in [5.41, 5.74) is 0.112. The SMILES string of the molecule is CC1CN(C)CCC1NCc1c(F)ccc(Br)c1F. The van der Waals surface area contributed by atoms with E-state index in [4.69, 9.17) is 0 Å². The molecule has 106 valence electrons. The lowest BCUT2D eigenvalue weighted by molar-refractivity contribution is 0.173. The van der Waals surface area contributed by atoms with Crippen LogP contribution in [0.25, 0.3) is 0 Å². The fourth-order valence-corrected chi connectivity index (χ4v) is 2.99. The quantitative estimate of drug-likeness (QED) is 0.855. The molecule has 0 amide bonds. The molecule has 0 aromatic heterocycles. The second kappa shape index (κ2) is 6.29. The van der Waals surface area contributed by atoms with Crippen molar-refractivity contribution in [2.75, 3.05) is 20.1 Å². The van der Waals surface area contributed by atoms with E-state index in [1.807, 2.05) is 0 Å². The Morgan fingerprint density at radius 2 is 2.16 bits per heavy atom. The van der Waals surface area contributed by atoms with Crippen LogP contribution in [-0.4, -0.2) is 31.1 Å². The van der Waals surface area contributed by atoms with Crippen molar-refractivity contribution in [3.05, 3.63) is 33.8 Å². The highest BCUT2D eigenvalue weighted by Gasteiger charge is 2.24. The molecule has 0 radical (unpaired) electrons. The summed E-state index contributed by atoms with van der Waals surface area (Å²) in [6, 6.07) is 3.00. The molecule has 0 aliphatic carbocycles. The molecule has 0 bridgehead atoms. The molecule has 1 aromatic rings. The first-order valence-corrected chi connectivity index (χ1v) is 7.32. The van der Waals surface area contributed by atoms with Gasteiger partial charge in [-0.2, -0.15) is 0 Å². The Balaban J connectivity index is 2.01. The molecule has 0 spiro atoms. The van der Waals surface area contributed by atoms with Gasteiger partial charge in [0.1, 0.15) is 11.6 Å². The van der Waals surface area contributed by atoms with Crippen molar-refractivity contribution in [2.24, 2.45) is 5.92 Å². The minimum atomic E-state index is -0.506. The van der Waals surface area contributed by atoms with Gasteiger partial charge in [0.25, 0.3) is 0 Å². The maximum absolute atomic E-state index is 13.8. The summed E-state index contributed by atoms with van der Waals surface area (Å²) in [7, 11) is 2.10. The van der Waals surface area contributed by atoms with Gasteiger partial charge in [0, 0.05) is 24.7 Å². The molecule has 19 heavy (non-hydrogen) atoms. The monoisotopic (exact) mass is 332 g/mol. The largest absolute Gasteiger partial charge is 0.309 e. The second-order valence-electron chi connectivity index (χ2n) is 5.34. The zero-order valence-corrected chi connectivity index (χ0v) is 12.8. The molecule has 1 aliphatic heterocycles. The van der Waals surface area contributed by atoms with Gasteiger partial charge in [0.15, 0.2) is 0 Å². The minimum absolute atomic E-state index is 0.112. The van der Waals surface area contributed by atoms with E-state index in [1.165, 1.54) is 12.1 Å². The zero-order valence-electron chi connectivity index (χ0n) is 11.2. The van der Waals surface area contributed by atoms with Gasteiger partial charge in [-0.25, -0.2) is 8.78 Å². The summed E-state index contributed by atoms with van der Waals surface area (Å²) in [6.45, 7) is 4.43. The second-order valence-corrected chi connectivity index (χ2v) is 6.19. The number of nitrogens with zero attached hydrogens (tertiary/aromatic N) is 1. The molecule has 1 fully saturated rings. The molecule has 0 saturated carbocycles.